The maximum Gasteiger partial charge on any atom is 0.338 e. The number of benzene rings is 1. The number of anilines is 2. The molecule has 0 atom stereocenters. The second-order valence-electron chi connectivity index (χ2n) is 4.66. The number of carbonyl (C=O) groups is 2. The van der Waals surface area contributed by atoms with E-state index in [9.17, 15) is 9.59 Å². The summed E-state index contributed by atoms with van der Waals surface area (Å²) in [4.78, 5) is 23.1. The number of nitrogen functional groups attached to an aromatic ring is 2. The number of esters is 1. The van der Waals surface area contributed by atoms with Crippen LogP contribution in [0.4, 0.5) is 11.4 Å². The molecule has 1 rings (SSSR count). The fourth-order valence-electron chi connectivity index (χ4n) is 1.38. The molecule has 5 N–H and O–H groups in total. The highest BCUT2D eigenvalue weighted by Gasteiger charge is 2.11. The standard InChI is InChI=1S/C13H19N3O3/c1-8(2)6-16-12(17)7-19-13(18)9-3-10(14)5-11(15)4-9/h3-5,8H,6-7,14-15H2,1-2H3,(H,16,17). The third-order valence-corrected chi connectivity index (χ3v) is 2.26. The summed E-state index contributed by atoms with van der Waals surface area (Å²) in [5.41, 5.74) is 12.1. The molecule has 0 aliphatic heterocycles. The van der Waals surface area contributed by atoms with E-state index in [1.54, 1.807) is 0 Å². The lowest BCUT2D eigenvalue weighted by Crippen LogP contribution is -2.31. The van der Waals surface area contributed by atoms with Crippen molar-refractivity contribution in [1.82, 2.24) is 5.32 Å². The predicted octanol–water partition coefficient (Wildman–Crippen LogP) is 0.780. The lowest BCUT2D eigenvalue weighted by Gasteiger charge is -2.09. The summed E-state index contributed by atoms with van der Waals surface area (Å²) in [6.45, 7) is 4.17. The van der Waals surface area contributed by atoms with E-state index in [4.69, 9.17) is 16.2 Å². The van der Waals surface area contributed by atoms with Crippen molar-refractivity contribution in [3.63, 3.8) is 0 Å². The molecule has 0 spiro atoms. The molecule has 0 aliphatic carbocycles. The van der Waals surface area contributed by atoms with Crippen molar-refractivity contribution in [2.45, 2.75) is 13.8 Å². The van der Waals surface area contributed by atoms with E-state index < -0.39 is 5.97 Å². The summed E-state index contributed by atoms with van der Waals surface area (Å²) >= 11 is 0. The number of ether oxygens (including phenoxy) is 1. The Morgan fingerprint density at radius 1 is 1.21 bits per heavy atom. The first-order chi connectivity index (χ1) is 8.88. The van der Waals surface area contributed by atoms with Crippen LogP contribution in [0.5, 0.6) is 0 Å². The van der Waals surface area contributed by atoms with E-state index in [2.05, 4.69) is 5.32 Å². The molecular weight excluding hydrogens is 246 g/mol. The summed E-state index contributed by atoms with van der Waals surface area (Å²) in [7, 11) is 0. The molecule has 0 unspecified atom stereocenters. The first-order valence-corrected chi connectivity index (χ1v) is 5.98. The van der Waals surface area contributed by atoms with Crippen LogP contribution in [0.2, 0.25) is 0 Å². The molecule has 6 heteroatoms. The first-order valence-electron chi connectivity index (χ1n) is 5.98. The van der Waals surface area contributed by atoms with E-state index in [0.717, 1.165) is 0 Å². The summed E-state index contributed by atoms with van der Waals surface area (Å²) in [6, 6.07) is 4.43. The molecule has 0 heterocycles. The van der Waals surface area contributed by atoms with Crippen LogP contribution in [-0.4, -0.2) is 25.0 Å². The molecule has 1 aromatic rings. The number of nitrogens with one attached hydrogen (secondary N) is 1. The first kappa shape index (κ1) is 14.8. The van der Waals surface area contributed by atoms with Gasteiger partial charge in [-0.3, -0.25) is 4.79 Å². The molecule has 104 valence electrons. The Morgan fingerprint density at radius 2 is 1.79 bits per heavy atom. The minimum Gasteiger partial charge on any atom is -0.452 e. The van der Waals surface area contributed by atoms with Gasteiger partial charge in [-0.05, 0) is 24.1 Å². The Kier molecular flexibility index (Phi) is 5.17. The number of rotatable bonds is 5. The third-order valence-electron chi connectivity index (χ3n) is 2.26. The fourth-order valence-corrected chi connectivity index (χ4v) is 1.38. The highest BCUT2D eigenvalue weighted by molar-refractivity contribution is 5.93. The highest BCUT2D eigenvalue weighted by Crippen LogP contribution is 2.14. The minimum absolute atomic E-state index is 0.231. The molecule has 0 aliphatic rings. The van der Waals surface area contributed by atoms with Gasteiger partial charge in [0.2, 0.25) is 0 Å². The second kappa shape index (κ2) is 6.63. The van der Waals surface area contributed by atoms with E-state index in [1.807, 2.05) is 13.8 Å². The molecule has 0 fully saturated rings. The molecule has 1 aromatic carbocycles. The van der Waals surface area contributed by atoms with Crippen LogP contribution in [0.15, 0.2) is 18.2 Å². The smallest absolute Gasteiger partial charge is 0.338 e. The highest BCUT2D eigenvalue weighted by atomic mass is 16.5. The van der Waals surface area contributed by atoms with Crippen LogP contribution in [0, 0.1) is 5.92 Å². The lowest BCUT2D eigenvalue weighted by molar-refractivity contribution is -0.124. The second-order valence-corrected chi connectivity index (χ2v) is 4.66. The zero-order valence-corrected chi connectivity index (χ0v) is 11.1. The number of hydrogen-bond donors (Lipinski definition) is 3. The van der Waals surface area contributed by atoms with Crippen molar-refractivity contribution >= 4 is 23.3 Å². The Balaban J connectivity index is 2.49. The SMILES string of the molecule is CC(C)CNC(=O)COC(=O)c1cc(N)cc(N)c1. The third kappa shape index (κ3) is 5.29. The molecule has 0 aromatic heterocycles. The Hall–Kier alpha value is -2.24. The van der Waals surface area contributed by atoms with Crippen molar-refractivity contribution in [3.05, 3.63) is 23.8 Å². The predicted molar refractivity (Wildman–Crippen MR) is 73.4 cm³/mol. The number of carbonyl (C=O) groups excluding carboxylic acids is 2. The molecule has 6 nitrogen and oxygen atoms in total. The molecule has 0 saturated heterocycles. The van der Waals surface area contributed by atoms with Gasteiger partial charge in [-0.15, -0.1) is 0 Å². The maximum absolute atomic E-state index is 11.7. The topological polar surface area (TPSA) is 107 Å². The maximum atomic E-state index is 11.7. The summed E-state index contributed by atoms with van der Waals surface area (Å²) in [6.07, 6.45) is 0. The lowest BCUT2D eigenvalue weighted by atomic mass is 10.2. The Bertz CT molecular complexity index is 452. The van der Waals surface area contributed by atoms with E-state index in [0.29, 0.717) is 23.8 Å². The van der Waals surface area contributed by atoms with Crippen molar-refractivity contribution in [1.29, 1.82) is 0 Å². The average molecular weight is 265 g/mol. The average Bonchev–Trinajstić information content (AvgIpc) is 2.32. The van der Waals surface area contributed by atoms with E-state index in [-0.39, 0.29) is 18.1 Å². The van der Waals surface area contributed by atoms with Crippen LogP contribution in [0.25, 0.3) is 0 Å². The fraction of sp³-hybridized carbons (Fsp3) is 0.385. The van der Waals surface area contributed by atoms with Crippen LogP contribution in [0.1, 0.15) is 24.2 Å². The van der Waals surface area contributed by atoms with Crippen molar-refractivity contribution in [2.24, 2.45) is 5.92 Å². The summed E-state index contributed by atoms with van der Waals surface area (Å²) in [5, 5.41) is 2.65. The van der Waals surface area contributed by atoms with Gasteiger partial charge in [-0.1, -0.05) is 13.8 Å². The van der Waals surface area contributed by atoms with Gasteiger partial charge in [0, 0.05) is 17.9 Å². The van der Waals surface area contributed by atoms with Gasteiger partial charge in [-0.2, -0.15) is 0 Å². The molecule has 0 saturated carbocycles. The normalized spacial score (nSPS) is 10.3. The zero-order valence-electron chi connectivity index (χ0n) is 11.1. The Labute approximate surface area is 112 Å². The Morgan fingerprint density at radius 3 is 2.32 bits per heavy atom. The quantitative estimate of drug-likeness (QED) is 0.538. The van der Waals surface area contributed by atoms with Crippen LogP contribution >= 0.6 is 0 Å². The summed E-state index contributed by atoms with van der Waals surface area (Å²) in [5.74, 6) is -0.619. The van der Waals surface area contributed by atoms with E-state index >= 15 is 0 Å². The minimum atomic E-state index is -0.626. The van der Waals surface area contributed by atoms with Gasteiger partial charge in [0.05, 0.1) is 5.56 Å². The van der Waals surface area contributed by atoms with Gasteiger partial charge in [0.25, 0.3) is 5.91 Å². The molecule has 19 heavy (non-hydrogen) atoms. The van der Waals surface area contributed by atoms with Gasteiger partial charge in [0.15, 0.2) is 6.61 Å². The number of hydrogen-bond acceptors (Lipinski definition) is 5. The van der Waals surface area contributed by atoms with Crippen LogP contribution < -0.4 is 16.8 Å². The van der Waals surface area contributed by atoms with Crippen LogP contribution in [-0.2, 0) is 9.53 Å². The van der Waals surface area contributed by atoms with Gasteiger partial charge in [0.1, 0.15) is 0 Å². The monoisotopic (exact) mass is 265 g/mol. The van der Waals surface area contributed by atoms with Gasteiger partial charge < -0.3 is 21.5 Å². The number of nitrogens with two attached hydrogens (primary N) is 2. The molecule has 0 bridgehead atoms. The summed E-state index contributed by atoms with van der Waals surface area (Å²) < 4.78 is 4.87. The van der Waals surface area contributed by atoms with Crippen molar-refractivity contribution in [3.8, 4) is 0 Å². The van der Waals surface area contributed by atoms with Crippen molar-refractivity contribution < 1.29 is 14.3 Å². The number of amides is 1. The van der Waals surface area contributed by atoms with Gasteiger partial charge in [-0.25, -0.2) is 4.79 Å². The van der Waals surface area contributed by atoms with Crippen molar-refractivity contribution in [2.75, 3.05) is 24.6 Å². The molecular formula is C13H19N3O3. The van der Waals surface area contributed by atoms with Gasteiger partial charge >= 0.3 is 5.97 Å². The molecule has 0 radical (unpaired) electrons. The largest absolute Gasteiger partial charge is 0.452 e. The molecule has 1 amide bonds. The van der Waals surface area contributed by atoms with E-state index in [1.165, 1.54) is 18.2 Å². The zero-order chi connectivity index (χ0) is 14.4. The van der Waals surface area contributed by atoms with Crippen LogP contribution in [0.3, 0.4) is 0 Å².